The summed E-state index contributed by atoms with van der Waals surface area (Å²) < 4.78 is 6.42. The fourth-order valence-electron chi connectivity index (χ4n) is 5.43. The number of nitrogens with zero attached hydrogens (tertiary/aromatic N) is 2. The lowest BCUT2D eigenvalue weighted by Gasteiger charge is -2.08. The molecule has 0 saturated heterocycles. The zero-order chi connectivity index (χ0) is 22.9. The zero-order valence-electron chi connectivity index (χ0n) is 18.7. The van der Waals surface area contributed by atoms with Gasteiger partial charge in [0, 0.05) is 21.7 Å². The standard InChI is InChI=1S/C32H18N2O/c1-2-8-19(9-3-1)20-10-6-11-21(18-20)32-33-26-14-7-13-23-24-16-17-25-22-12-4-5-15-27(22)35-31(25)29(24)30(34-32)28(23)26/h1-18H. The number of fused-ring (bicyclic) bond motifs is 7. The van der Waals surface area contributed by atoms with Gasteiger partial charge in [-0.2, -0.15) is 0 Å². The number of furan rings is 1. The number of para-hydroxylation sites is 1. The Morgan fingerprint density at radius 2 is 1.34 bits per heavy atom. The topological polar surface area (TPSA) is 38.9 Å². The minimum absolute atomic E-state index is 0.725. The van der Waals surface area contributed by atoms with Gasteiger partial charge in [0.05, 0.1) is 16.8 Å². The van der Waals surface area contributed by atoms with Crippen molar-refractivity contribution in [2.45, 2.75) is 0 Å². The van der Waals surface area contributed by atoms with Crippen LogP contribution in [-0.2, 0) is 0 Å². The molecule has 1 aliphatic rings. The van der Waals surface area contributed by atoms with Gasteiger partial charge < -0.3 is 4.42 Å². The molecular weight excluding hydrogens is 428 g/mol. The highest BCUT2D eigenvalue weighted by Crippen LogP contribution is 2.50. The molecule has 1 aliphatic carbocycles. The zero-order valence-corrected chi connectivity index (χ0v) is 18.7. The molecule has 0 unspecified atom stereocenters. The number of benzene rings is 5. The molecule has 2 aromatic heterocycles. The third-order valence-corrected chi connectivity index (χ3v) is 7.03. The predicted octanol–water partition coefficient (Wildman–Crippen LogP) is 8.51. The lowest BCUT2D eigenvalue weighted by Crippen LogP contribution is -1.93. The Morgan fingerprint density at radius 1 is 0.543 bits per heavy atom. The van der Waals surface area contributed by atoms with E-state index in [0.29, 0.717) is 0 Å². The molecule has 0 amide bonds. The molecule has 0 atom stereocenters. The SMILES string of the molecule is c1ccc(-c2cccc(-c3nc4c5c(cccc5n3)-c3ccc5c(oc6ccccc65)c3-4)c2)cc1. The number of rotatable bonds is 2. The van der Waals surface area contributed by atoms with Crippen LogP contribution in [0.4, 0.5) is 0 Å². The molecule has 5 aromatic carbocycles. The van der Waals surface area contributed by atoms with Crippen molar-refractivity contribution in [1.29, 1.82) is 0 Å². The molecule has 35 heavy (non-hydrogen) atoms. The molecule has 0 N–H and O–H groups in total. The van der Waals surface area contributed by atoms with Crippen molar-refractivity contribution in [2.75, 3.05) is 0 Å². The summed E-state index contributed by atoms with van der Waals surface area (Å²) in [5.41, 5.74) is 10.4. The summed E-state index contributed by atoms with van der Waals surface area (Å²) in [5, 5.41) is 3.34. The van der Waals surface area contributed by atoms with E-state index in [4.69, 9.17) is 14.4 Å². The fraction of sp³-hybridized carbons (Fsp3) is 0. The highest BCUT2D eigenvalue weighted by atomic mass is 16.3. The van der Waals surface area contributed by atoms with E-state index < -0.39 is 0 Å². The number of aromatic nitrogens is 2. The normalized spacial score (nSPS) is 12.0. The molecule has 0 bridgehead atoms. The Hall–Kier alpha value is -4.76. The highest BCUT2D eigenvalue weighted by molar-refractivity contribution is 6.21. The highest BCUT2D eigenvalue weighted by Gasteiger charge is 2.28. The second-order valence-electron chi connectivity index (χ2n) is 9.01. The second-order valence-corrected chi connectivity index (χ2v) is 9.01. The van der Waals surface area contributed by atoms with Crippen molar-refractivity contribution >= 4 is 32.8 Å². The van der Waals surface area contributed by atoms with Gasteiger partial charge in [0.15, 0.2) is 5.82 Å². The first-order chi connectivity index (χ1) is 17.3. The number of hydrogen-bond acceptors (Lipinski definition) is 3. The number of hydrogen-bond donors (Lipinski definition) is 0. The first-order valence-corrected chi connectivity index (χ1v) is 11.8. The van der Waals surface area contributed by atoms with Crippen molar-refractivity contribution in [1.82, 2.24) is 9.97 Å². The van der Waals surface area contributed by atoms with Gasteiger partial charge in [0.2, 0.25) is 0 Å². The van der Waals surface area contributed by atoms with Gasteiger partial charge in [-0.05, 0) is 46.5 Å². The van der Waals surface area contributed by atoms with Crippen molar-refractivity contribution in [3.8, 4) is 44.9 Å². The second kappa shape index (κ2) is 6.87. The minimum Gasteiger partial charge on any atom is -0.455 e. The third-order valence-electron chi connectivity index (χ3n) is 7.03. The van der Waals surface area contributed by atoms with Crippen LogP contribution in [0.15, 0.2) is 114 Å². The van der Waals surface area contributed by atoms with Crippen LogP contribution in [0, 0.1) is 0 Å². The molecule has 0 aliphatic heterocycles. The van der Waals surface area contributed by atoms with Crippen LogP contribution in [0.5, 0.6) is 0 Å². The largest absolute Gasteiger partial charge is 0.455 e. The van der Waals surface area contributed by atoms with Crippen LogP contribution in [0.2, 0.25) is 0 Å². The van der Waals surface area contributed by atoms with Crippen LogP contribution >= 0.6 is 0 Å². The summed E-state index contributed by atoms with van der Waals surface area (Å²) in [4.78, 5) is 10.2. The molecule has 162 valence electrons. The van der Waals surface area contributed by atoms with Gasteiger partial charge in [0.1, 0.15) is 11.2 Å². The Labute approximate surface area is 201 Å². The van der Waals surface area contributed by atoms with E-state index in [2.05, 4.69) is 91.0 Å². The minimum atomic E-state index is 0.725. The van der Waals surface area contributed by atoms with Crippen molar-refractivity contribution in [2.24, 2.45) is 0 Å². The van der Waals surface area contributed by atoms with Gasteiger partial charge >= 0.3 is 0 Å². The molecular formula is C32H18N2O. The Bertz CT molecular complexity index is 1950. The van der Waals surface area contributed by atoms with E-state index in [1.165, 1.54) is 11.1 Å². The fourth-order valence-corrected chi connectivity index (χ4v) is 5.43. The van der Waals surface area contributed by atoms with E-state index in [1.807, 2.05) is 18.2 Å². The van der Waals surface area contributed by atoms with Crippen LogP contribution in [-0.4, -0.2) is 9.97 Å². The van der Waals surface area contributed by atoms with E-state index in [9.17, 15) is 0 Å². The molecule has 3 heteroatoms. The summed E-state index contributed by atoms with van der Waals surface area (Å²) in [6.45, 7) is 0. The quantitative estimate of drug-likeness (QED) is 0.267. The van der Waals surface area contributed by atoms with E-state index >= 15 is 0 Å². The van der Waals surface area contributed by atoms with E-state index in [1.54, 1.807) is 0 Å². The van der Waals surface area contributed by atoms with Gasteiger partial charge in [0.25, 0.3) is 0 Å². The molecule has 3 nitrogen and oxygen atoms in total. The summed E-state index contributed by atoms with van der Waals surface area (Å²) >= 11 is 0. The molecule has 7 aromatic rings. The molecule has 2 heterocycles. The summed E-state index contributed by atoms with van der Waals surface area (Å²) in [5.74, 6) is 0.725. The smallest absolute Gasteiger partial charge is 0.160 e. The summed E-state index contributed by atoms with van der Waals surface area (Å²) in [7, 11) is 0. The van der Waals surface area contributed by atoms with Gasteiger partial charge in [-0.25, -0.2) is 9.97 Å². The van der Waals surface area contributed by atoms with Crippen LogP contribution < -0.4 is 0 Å². The van der Waals surface area contributed by atoms with Crippen molar-refractivity contribution < 1.29 is 4.42 Å². The molecule has 8 rings (SSSR count). The summed E-state index contributed by atoms with van der Waals surface area (Å²) in [6.07, 6.45) is 0. The van der Waals surface area contributed by atoms with E-state index in [-0.39, 0.29) is 0 Å². The molecule has 0 saturated carbocycles. The van der Waals surface area contributed by atoms with Crippen molar-refractivity contribution in [3.05, 3.63) is 109 Å². The summed E-state index contributed by atoms with van der Waals surface area (Å²) in [6, 6.07) is 37.8. The first kappa shape index (κ1) is 18.6. The van der Waals surface area contributed by atoms with Crippen molar-refractivity contribution in [3.63, 3.8) is 0 Å². The maximum Gasteiger partial charge on any atom is 0.160 e. The third kappa shape index (κ3) is 2.61. The molecule has 0 fully saturated rings. The monoisotopic (exact) mass is 446 g/mol. The average molecular weight is 447 g/mol. The molecule has 0 spiro atoms. The average Bonchev–Trinajstić information content (AvgIpc) is 3.46. The lowest BCUT2D eigenvalue weighted by molar-refractivity contribution is 0.670. The predicted molar refractivity (Wildman–Crippen MR) is 142 cm³/mol. The lowest BCUT2D eigenvalue weighted by atomic mass is 10.0. The Morgan fingerprint density at radius 3 is 2.29 bits per heavy atom. The van der Waals surface area contributed by atoms with Gasteiger partial charge in [-0.1, -0.05) is 84.9 Å². The maximum atomic E-state index is 6.42. The first-order valence-electron chi connectivity index (χ1n) is 11.8. The maximum absolute atomic E-state index is 6.42. The molecule has 0 radical (unpaired) electrons. The van der Waals surface area contributed by atoms with Gasteiger partial charge in [-0.15, -0.1) is 0 Å². The Balaban J connectivity index is 1.41. The van der Waals surface area contributed by atoms with Crippen LogP contribution in [0.1, 0.15) is 0 Å². The van der Waals surface area contributed by atoms with E-state index in [0.717, 1.165) is 66.6 Å². The Kier molecular flexibility index (Phi) is 3.66. The van der Waals surface area contributed by atoms with Crippen LogP contribution in [0.25, 0.3) is 77.7 Å². The van der Waals surface area contributed by atoms with Gasteiger partial charge in [-0.3, -0.25) is 0 Å². The van der Waals surface area contributed by atoms with Crippen LogP contribution in [0.3, 0.4) is 0 Å².